The Labute approximate surface area is 114 Å². The van der Waals surface area contributed by atoms with Gasteiger partial charge >= 0.3 is 0 Å². The third kappa shape index (κ3) is 3.56. The van der Waals surface area contributed by atoms with Gasteiger partial charge in [-0.2, -0.15) is 0 Å². The summed E-state index contributed by atoms with van der Waals surface area (Å²) in [5.41, 5.74) is 0.749. The molecule has 2 heterocycles. The highest BCUT2D eigenvalue weighted by Gasteiger charge is 2.36. The summed E-state index contributed by atoms with van der Waals surface area (Å²) < 4.78 is 0. The van der Waals surface area contributed by atoms with Crippen LogP contribution in [-0.4, -0.2) is 35.5 Å². The molecule has 1 unspecified atom stereocenters. The van der Waals surface area contributed by atoms with Crippen LogP contribution >= 0.6 is 0 Å². The molecule has 0 saturated carbocycles. The van der Waals surface area contributed by atoms with Crippen molar-refractivity contribution in [2.75, 3.05) is 19.6 Å². The summed E-state index contributed by atoms with van der Waals surface area (Å²) in [5.74, 6) is 0.578. The van der Waals surface area contributed by atoms with Gasteiger partial charge in [0.15, 0.2) is 0 Å². The first-order valence-electron chi connectivity index (χ1n) is 7.07. The summed E-state index contributed by atoms with van der Waals surface area (Å²) >= 11 is 0. The zero-order chi connectivity index (χ0) is 13.7. The topological polar surface area (TPSA) is 69.8 Å². The number of H-pyrrole nitrogens is 1. The van der Waals surface area contributed by atoms with E-state index >= 15 is 0 Å². The fourth-order valence-corrected chi connectivity index (χ4v) is 2.61. The number of amides is 1. The number of aromatic amines is 1. The first-order valence-corrected chi connectivity index (χ1v) is 7.07. The van der Waals surface area contributed by atoms with Gasteiger partial charge < -0.3 is 15.6 Å². The Hall–Kier alpha value is -1.36. The molecule has 0 aromatic carbocycles. The van der Waals surface area contributed by atoms with Crippen LogP contribution in [0, 0.1) is 11.3 Å². The van der Waals surface area contributed by atoms with Gasteiger partial charge in [0, 0.05) is 30.3 Å². The van der Waals surface area contributed by atoms with Gasteiger partial charge in [-0.25, -0.2) is 4.98 Å². The van der Waals surface area contributed by atoms with Crippen LogP contribution in [0.1, 0.15) is 32.4 Å². The Morgan fingerprint density at radius 2 is 2.42 bits per heavy atom. The number of hydrogen-bond donors (Lipinski definition) is 3. The molecule has 1 fully saturated rings. The maximum absolute atomic E-state index is 12.3. The summed E-state index contributed by atoms with van der Waals surface area (Å²) in [6.07, 6.45) is 6.55. The van der Waals surface area contributed by atoms with E-state index in [9.17, 15) is 4.79 Å². The number of aromatic nitrogens is 2. The summed E-state index contributed by atoms with van der Waals surface area (Å²) in [5, 5.41) is 6.43. The second kappa shape index (κ2) is 6.19. The molecule has 2 rings (SSSR count). The van der Waals surface area contributed by atoms with E-state index in [1.54, 1.807) is 12.5 Å². The lowest BCUT2D eigenvalue weighted by Crippen LogP contribution is -2.47. The van der Waals surface area contributed by atoms with Crippen molar-refractivity contribution in [1.82, 2.24) is 20.6 Å². The standard InChI is InChI=1S/C14H24N4O/c1-14(2,11-4-3-6-15-8-11)13(19)17-7-5-12-9-16-10-18-12/h9-11,15H,3-8H2,1-2H3,(H,16,18)(H,17,19). The second-order valence-electron chi connectivity index (χ2n) is 5.85. The number of piperidine rings is 1. The Morgan fingerprint density at radius 3 is 3.05 bits per heavy atom. The third-order valence-electron chi connectivity index (χ3n) is 4.14. The van der Waals surface area contributed by atoms with E-state index in [4.69, 9.17) is 0 Å². The van der Waals surface area contributed by atoms with Gasteiger partial charge in [-0.3, -0.25) is 4.79 Å². The number of rotatable bonds is 5. The van der Waals surface area contributed by atoms with Crippen LogP contribution in [-0.2, 0) is 11.2 Å². The molecule has 1 aromatic rings. The predicted octanol–water partition coefficient (Wildman–Crippen LogP) is 1.09. The van der Waals surface area contributed by atoms with Gasteiger partial charge in [-0.1, -0.05) is 13.8 Å². The molecular weight excluding hydrogens is 240 g/mol. The van der Waals surface area contributed by atoms with Crippen molar-refractivity contribution in [2.45, 2.75) is 33.1 Å². The van der Waals surface area contributed by atoms with Crippen molar-refractivity contribution < 1.29 is 4.79 Å². The van der Waals surface area contributed by atoms with Crippen molar-refractivity contribution in [3.63, 3.8) is 0 Å². The lowest BCUT2D eigenvalue weighted by molar-refractivity contribution is -0.132. The number of carbonyl (C=O) groups is 1. The van der Waals surface area contributed by atoms with Crippen molar-refractivity contribution in [2.24, 2.45) is 11.3 Å². The molecule has 1 aromatic heterocycles. The van der Waals surface area contributed by atoms with Crippen LogP contribution < -0.4 is 10.6 Å². The number of carbonyl (C=O) groups excluding carboxylic acids is 1. The zero-order valence-electron chi connectivity index (χ0n) is 11.8. The van der Waals surface area contributed by atoms with E-state index in [0.29, 0.717) is 12.5 Å². The van der Waals surface area contributed by atoms with E-state index in [-0.39, 0.29) is 11.3 Å². The summed E-state index contributed by atoms with van der Waals surface area (Å²) in [4.78, 5) is 19.3. The first kappa shape index (κ1) is 14.1. The number of hydrogen-bond acceptors (Lipinski definition) is 3. The monoisotopic (exact) mass is 264 g/mol. The van der Waals surface area contributed by atoms with Gasteiger partial charge in [0.05, 0.1) is 6.33 Å². The fraction of sp³-hybridized carbons (Fsp3) is 0.714. The number of nitrogens with zero attached hydrogens (tertiary/aromatic N) is 1. The molecule has 1 atom stereocenters. The molecule has 1 saturated heterocycles. The largest absolute Gasteiger partial charge is 0.355 e. The third-order valence-corrected chi connectivity index (χ3v) is 4.14. The van der Waals surface area contributed by atoms with E-state index in [0.717, 1.165) is 38.0 Å². The molecule has 5 heteroatoms. The molecular formula is C14H24N4O. The highest BCUT2D eigenvalue weighted by atomic mass is 16.2. The molecule has 5 nitrogen and oxygen atoms in total. The lowest BCUT2D eigenvalue weighted by atomic mass is 9.74. The summed E-state index contributed by atoms with van der Waals surface area (Å²) in [7, 11) is 0. The minimum Gasteiger partial charge on any atom is -0.355 e. The average Bonchev–Trinajstić information content (AvgIpc) is 2.93. The SMILES string of the molecule is CC(C)(C(=O)NCCc1cnc[nH]1)C1CCCNC1. The molecule has 1 amide bonds. The molecule has 106 valence electrons. The van der Waals surface area contributed by atoms with E-state index in [1.165, 1.54) is 0 Å². The quantitative estimate of drug-likeness (QED) is 0.745. The van der Waals surface area contributed by atoms with Crippen molar-refractivity contribution in [3.8, 4) is 0 Å². The fourth-order valence-electron chi connectivity index (χ4n) is 2.61. The highest BCUT2D eigenvalue weighted by molar-refractivity contribution is 5.82. The van der Waals surface area contributed by atoms with Crippen molar-refractivity contribution >= 4 is 5.91 Å². The number of nitrogens with one attached hydrogen (secondary N) is 3. The van der Waals surface area contributed by atoms with Crippen LogP contribution in [0.2, 0.25) is 0 Å². The average molecular weight is 264 g/mol. The van der Waals surface area contributed by atoms with Gasteiger partial charge in [-0.15, -0.1) is 0 Å². The van der Waals surface area contributed by atoms with Gasteiger partial charge in [-0.05, 0) is 31.8 Å². The van der Waals surface area contributed by atoms with E-state index in [2.05, 4.69) is 34.4 Å². The Bertz CT molecular complexity index is 394. The molecule has 0 bridgehead atoms. The molecule has 1 aliphatic heterocycles. The maximum Gasteiger partial charge on any atom is 0.225 e. The minimum absolute atomic E-state index is 0.153. The van der Waals surface area contributed by atoms with Crippen LogP contribution in [0.4, 0.5) is 0 Å². The Kier molecular flexibility index (Phi) is 4.58. The molecule has 0 radical (unpaired) electrons. The van der Waals surface area contributed by atoms with Gasteiger partial charge in [0.25, 0.3) is 0 Å². The second-order valence-corrected chi connectivity index (χ2v) is 5.85. The van der Waals surface area contributed by atoms with E-state index in [1.807, 2.05) is 0 Å². The zero-order valence-corrected chi connectivity index (χ0v) is 11.8. The predicted molar refractivity (Wildman–Crippen MR) is 74.7 cm³/mol. The van der Waals surface area contributed by atoms with E-state index < -0.39 is 0 Å². The van der Waals surface area contributed by atoms with Crippen LogP contribution in [0.3, 0.4) is 0 Å². The lowest BCUT2D eigenvalue weighted by Gasteiger charge is -2.36. The Balaban J connectivity index is 1.80. The first-order chi connectivity index (χ1) is 9.10. The van der Waals surface area contributed by atoms with Crippen LogP contribution in [0.5, 0.6) is 0 Å². The normalized spacial score (nSPS) is 20.2. The molecule has 1 aliphatic rings. The van der Waals surface area contributed by atoms with Crippen molar-refractivity contribution in [3.05, 3.63) is 18.2 Å². The highest BCUT2D eigenvalue weighted by Crippen LogP contribution is 2.31. The van der Waals surface area contributed by atoms with Crippen LogP contribution in [0.15, 0.2) is 12.5 Å². The van der Waals surface area contributed by atoms with Crippen LogP contribution in [0.25, 0.3) is 0 Å². The molecule has 0 aliphatic carbocycles. The Morgan fingerprint density at radius 1 is 1.58 bits per heavy atom. The van der Waals surface area contributed by atoms with Gasteiger partial charge in [0.2, 0.25) is 5.91 Å². The summed E-state index contributed by atoms with van der Waals surface area (Å²) in [6.45, 7) is 6.78. The number of imidazole rings is 1. The minimum atomic E-state index is -0.304. The molecule has 0 spiro atoms. The van der Waals surface area contributed by atoms with Crippen molar-refractivity contribution in [1.29, 1.82) is 0 Å². The molecule has 19 heavy (non-hydrogen) atoms. The summed E-state index contributed by atoms with van der Waals surface area (Å²) in [6, 6.07) is 0. The molecule has 3 N–H and O–H groups in total. The smallest absolute Gasteiger partial charge is 0.225 e. The van der Waals surface area contributed by atoms with Gasteiger partial charge in [0.1, 0.15) is 0 Å². The maximum atomic E-state index is 12.3.